The number of hydrogen-bond donors (Lipinski definition) is 2. The average Bonchev–Trinajstić information content (AvgIpc) is 3.04. The van der Waals surface area contributed by atoms with Crippen molar-refractivity contribution in [3.05, 3.63) is 82.9 Å². The fourth-order valence-corrected chi connectivity index (χ4v) is 3.48. The summed E-state index contributed by atoms with van der Waals surface area (Å²) < 4.78 is 0. The van der Waals surface area contributed by atoms with Crippen LogP contribution in [0.1, 0.15) is 32.9 Å². The van der Waals surface area contributed by atoms with E-state index in [9.17, 15) is 4.79 Å². The SMILES string of the molecule is Cc1cc(CNC(=O)c2cnc(C)nc2)c2[nH]c(-c3ccccc3)c(C)c2c1. The van der Waals surface area contributed by atoms with Crippen molar-refractivity contribution in [2.75, 3.05) is 0 Å². The molecule has 2 aromatic carbocycles. The molecule has 0 bridgehead atoms. The fraction of sp³-hybridized carbons (Fsp3) is 0.174. The lowest BCUT2D eigenvalue weighted by Crippen LogP contribution is -2.23. The van der Waals surface area contributed by atoms with E-state index in [1.807, 2.05) is 18.2 Å². The molecule has 5 heteroatoms. The summed E-state index contributed by atoms with van der Waals surface area (Å²) in [7, 11) is 0. The van der Waals surface area contributed by atoms with E-state index in [-0.39, 0.29) is 5.91 Å². The van der Waals surface area contributed by atoms with Gasteiger partial charge in [0, 0.05) is 30.0 Å². The monoisotopic (exact) mass is 370 g/mol. The summed E-state index contributed by atoms with van der Waals surface area (Å²) in [6.07, 6.45) is 3.10. The summed E-state index contributed by atoms with van der Waals surface area (Å²) in [5, 5.41) is 4.17. The maximum absolute atomic E-state index is 12.4. The number of aromatic amines is 1. The standard InChI is InChI=1S/C23H22N4O/c1-14-9-18(11-26-23(28)19-12-24-16(3)25-13-19)22-20(10-14)15(2)21(27-22)17-7-5-4-6-8-17/h4-10,12-13,27H,11H2,1-3H3,(H,26,28). The molecule has 2 N–H and O–H groups in total. The lowest BCUT2D eigenvalue weighted by Gasteiger charge is -2.08. The molecule has 0 saturated heterocycles. The zero-order valence-corrected chi connectivity index (χ0v) is 16.2. The van der Waals surface area contributed by atoms with E-state index in [0.29, 0.717) is 17.9 Å². The number of aryl methyl sites for hydroxylation is 3. The molecule has 0 saturated carbocycles. The van der Waals surface area contributed by atoms with E-state index in [4.69, 9.17) is 0 Å². The van der Waals surface area contributed by atoms with Gasteiger partial charge in [-0.1, -0.05) is 42.0 Å². The Morgan fingerprint density at radius 3 is 2.46 bits per heavy atom. The molecular weight excluding hydrogens is 348 g/mol. The summed E-state index contributed by atoms with van der Waals surface area (Å²) in [4.78, 5) is 24.2. The van der Waals surface area contributed by atoms with Gasteiger partial charge in [0.25, 0.3) is 5.91 Å². The second-order valence-corrected chi connectivity index (χ2v) is 7.04. The first-order valence-corrected chi connectivity index (χ1v) is 9.27. The third kappa shape index (κ3) is 3.39. The van der Waals surface area contributed by atoms with Crippen molar-refractivity contribution in [2.45, 2.75) is 27.3 Å². The summed E-state index contributed by atoms with van der Waals surface area (Å²) in [5.41, 5.74) is 7.22. The van der Waals surface area contributed by atoms with Crippen LogP contribution < -0.4 is 5.32 Å². The number of carbonyl (C=O) groups excluding carboxylic acids is 1. The van der Waals surface area contributed by atoms with Crippen LogP contribution in [0.3, 0.4) is 0 Å². The summed E-state index contributed by atoms with van der Waals surface area (Å²) in [5.74, 6) is 0.466. The molecule has 0 aliphatic rings. The maximum atomic E-state index is 12.4. The largest absolute Gasteiger partial charge is 0.354 e. The Kier molecular flexibility index (Phi) is 4.65. The highest BCUT2D eigenvalue weighted by Gasteiger charge is 2.14. The van der Waals surface area contributed by atoms with Crippen LogP contribution in [0, 0.1) is 20.8 Å². The third-order valence-corrected chi connectivity index (χ3v) is 4.94. The predicted octanol–water partition coefficient (Wildman–Crippen LogP) is 4.48. The van der Waals surface area contributed by atoms with Crippen LogP contribution in [0.25, 0.3) is 22.2 Å². The zero-order chi connectivity index (χ0) is 19.7. The number of H-pyrrole nitrogens is 1. The minimum Gasteiger partial charge on any atom is -0.354 e. The molecule has 140 valence electrons. The lowest BCUT2D eigenvalue weighted by molar-refractivity contribution is 0.0950. The summed E-state index contributed by atoms with van der Waals surface area (Å²) in [6, 6.07) is 14.6. The van der Waals surface area contributed by atoms with Gasteiger partial charge in [-0.05, 0) is 43.5 Å². The Bertz CT molecular complexity index is 1140. The Balaban J connectivity index is 1.67. The van der Waals surface area contributed by atoms with Crippen LogP contribution >= 0.6 is 0 Å². The molecule has 0 unspecified atom stereocenters. The second kappa shape index (κ2) is 7.27. The number of carbonyl (C=O) groups is 1. The van der Waals surface area contributed by atoms with Crippen molar-refractivity contribution in [3.8, 4) is 11.3 Å². The van der Waals surface area contributed by atoms with E-state index in [0.717, 1.165) is 27.9 Å². The summed E-state index contributed by atoms with van der Waals surface area (Å²) >= 11 is 0. The molecule has 0 spiro atoms. The minimum absolute atomic E-state index is 0.179. The van der Waals surface area contributed by atoms with Gasteiger partial charge in [0.1, 0.15) is 5.82 Å². The molecule has 5 nitrogen and oxygen atoms in total. The van der Waals surface area contributed by atoms with Crippen molar-refractivity contribution in [1.29, 1.82) is 0 Å². The number of rotatable bonds is 4. The molecule has 0 aliphatic heterocycles. The Labute approximate surface area is 163 Å². The average molecular weight is 370 g/mol. The molecular formula is C23H22N4O. The van der Waals surface area contributed by atoms with Gasteiger partial charge in [-0.15, -0.1) is 0 Å². The van der Waals surface area contributed by atoms with Gasteiger partial charge in [0.05, 0.1) is 11.1 Å². The number of benzene rings is 2. The number of hydrogen-bond acceptors (Lipinski definition) is 3. The van der Waals surface area contributed by atoms with Crippen LogP contribution in [0.2, 0.25) is 0 Å². The van der Waals surface area contributed by atoms with Crippen molar-refractivity contribution in [3.63, 3.8) is 0 Å². The number of aromatic nitrogens is 3. The first-order chi connectivity index (χ1) is 13.5. The molecule has 2 heterocycles. The molecule has 2 aromatic heterocycles. The minimum atomic E-state index is -0.179. The molecule has 0 fully saturated rings. The first kappa shape index (κ1) is 17.9. The van der Waals surface area contributed by atoms with Crippen LogP contribution in [0.4, 0.5) is 0 Å². The van der Waals surface area contributed by atoms with Gasteiger partial charge in [-0.3, -0.25) is 4.79 Å². The number of fused-ring (bicyclic) bond motifs is 1. The Morgan fingerprint density at radius 2 is 1.75 bits per heavy atom. The molecule has 4 rings (SSSR count). The van der Waals surface area contributed by atoms with E-state index >= 15 is 0 Å². The Hall–Kier alpha value is -3.47. The van der Waals surface area contributed by atoms with Crippen molar-refractivity contribution < 1.29 is 4.79 Å². The molecule has 4 aromatic rings. The molecule has 0 radical (unpaired) electrons. The van der Waals surface area contributed by atoms with Crippen molar-refractivity contribution in [1.82, 2.24) is 20.3 Å². The van der Waals surface area contributed by atoms with E-state index in [1.54, 1.807) is 19.3 Å². The van der Waals surface area contributed by atoms with Gasteiger partial charge in [-0.25, -0.2) is 9.97 Å². The second-order valence-electron chi connectivity index (χ2n) is 7.04. The fourth-order valence-electron chi connectivity index (χ4n) is 3.48. The van der Waals surface area contributed by atoms with Crippen molar-refractivity contribution >= 4 is 16.8 Å². The zero-order valence-electron chi connectivity index (χ0n) is 16.2. The molecule has 28 heavy (non-hydrogen) atoms. The van der Waals surface area contributed by atoms with Crippen molar-refractivity contribution in [2.24, 2.45) is 0 Å². The highest BCUT2D eigenvalue weighted by Crippen LogP contribution is 2.32. The highest BCUT2D eigenvalue weighted by molar-refractivity contribution is 5.95. The van der Waals surface area contributed by atoms with Gasteiger partial charge >= 0.3 is 0 Å². The summed E-state index contributed by atoms with van der Waals surface area (Å²) in [6.45, 7) is 6.43. The quantitative estimate of drug-likeness (QED) is 0.556. The van der Waals surface area contributed by atoms with E-state index in [1.165, 1.54) is 10.9 Å². The van der Waals surface area contributed by atoms with Crippen LogP contribution in [0.5, 0.6) is 0 Å². The molecule has 0 aliphatic carbocycles. The predicted molar refractivity (Wildman–Crippen MR) is 111 cm³/mol. The molecule has 0 atom stereocenters. The first-order valence-electron chi connectivity index (χ1n) is 9.27. The third-order valence-electron chi connectivity index (χ3n) is 4.94. The smallest absolute Gasteiger partial charge is 0.254 e. The van der Waals surface area contributed by atoms with Gasteiger partial charge in [0.15, 0.2) is 0 Å². The topological polar surface area (TPSA) is 70.7 Å². The van der Waals surface area contributed by atoms with E-state index < -0.39 is 0 Å². The Morgan fingerprint density at radius 1 is 1.04 bits per heavy atom. The van der Waals surface area contributed by atoms with Gasteiger partial charge < -0.3 is 10.3 Å². The number of nitrogens with zero attached hydrogens (tertiary/aromatic N) is 2. The van der Waals surface area contributed by atoms with Gasteiger partial charge in [-0.2, -0.15) is 0 Å². The van der Waals surface area contributed by atoms with Crippen LogP contribution in [-0.4, -0.2) is 20.9 Å². The number of amides is 1. The normalized spacial score (nSPS) is 11.0. The van der Waals surface area contributed by atoms with E-state index in [2.05, 4.69) is 58.4 Å². The van der Waals surface area contributed by atoms with Crippen LogP contribution in [0.15, 0.2) is 54.9 Å². The number of nitrogens with one attached hydrogen (secondary N) is 2. The van der Waals surface area contributed by atoms with Gasteiger partial charge in [0.2, 0.25) is 0 Å². The van der Waals surface area contributed by atoms with Crippen LogP contribution in [-0.2, 0) is 6.54 Å². The highest BCUT2D eigenvalue weighted by atomic mass is 16.1. The lowest BCUT2D eigenvalue weighted by atomic mass is 10.0. The maximum Gasteiger partial charge on any atom is 0.254 e. The molecule has 1 amide bonds.